The van der Waals surface area contributed by atoms with Crippen LogP contribution in [0.3, 0.4) is 0 Å². The number of hydrogen-bond donors (Lipinski definition) is 1. The molecule has 2 saturated heterocycles. The van der Waals surface area contributed by atoms with E-state index in [0.717, 1.165) is 19.3 Å². The quantitative estimate of drug-likeness (QED) is 0.757. The molecule has 0 saturated carbocycles. The fourth-order valence-electron chi connectivity index (χ4n) is 3.29. The van der Waals surface area contributed by atoms with E-state index in [1.54, 1.807) is 24.0 Å². The number of ether oxygens (including phenoxy) is 1. The highest BCUT2D eigenvalue weighted by molar-refractivity contribution is 5.79. The SMILES string of the molecule is COCCCN(C)C(=O)N1C2CCC1C(C(=O)O)C2. The summed E-state index contributed by atoms with van der Waals surface area (Å²) in [6.07, 6.45) is 3.16. The van der Waals surface area contributed by atoms with Crippen molar-refractivity contribution in [2.24, 2.45) is 5.92 Å². The van der Waals surface area contributed by atoms with Gasteiger partial charge in [-0.1, -0.05) is 0 Å². The van der Waals surface area contributed by atoms with Crippen molar-refractivity contribution in [1.29, 1.82) is 0 Å². The number of fused-ring (bicyclic) bond motifs is 2. The van der Waals surface area contributed by atoms with Gasteiger partial charge in [-0.25, -0.2) is 4.79 Å². The smallest absolute Gasteiger partial charge is 0.320 e. The summed E-state index contributed by atoms with van der Waals surface area (Å²) in [5, 5.41) is 9.18. The number of methoxy groups -OCH3 is 1. The molecule has 1 N–H and O–H groups in total. The third kappa shape index (κ3) is 2.68. The van der Waals surface area contributed by atoms with E-state index < -0.39 is 5.97 Å². The molecule has 0 radical (unpaired) electrons. The number of aliphatic carboxylic acids is 1. The van der Waals surface area contributed by atoms with E-state index in [-0.39, 0.29) is 24.0 Å². The highest BCUT2D eigenvalue weighted by Crippen LogP contribution is 2.42. The first-order valence-corrected chi connectivity index (χ1v) is 6.81. The number of urea groups is 1. The number of carbonyl (C=O) groups excluding carboxylic acids is 1. The summed E-state index contributed by atoms with van der Waals surface area (Å²) >= 11 is 0. The fourth-order valence-corrected chi connectivity index (χ4v) is 3.29. The van der Waals surface area contributed by atoms with Gasteiger partial charge in [-0.3, -0.25) is 4.79 Å². The van der Waals surface area contributed by atoms with Gasteiger partial charge < -0.3 is 19.6 Å². The molecule has 0 aromatic heterocycles. The predicted octanol–water partition coefficient (Wildman–Crippen LogP) is 1.01. The van der Waals surface area contributed by atoms with E-state index in [9.17, 15) is 14.7 Å². The Hall–Kier alpha value is -1.30. The first-order chi connectivity index (χ1) is 9.06. The van der Waals surface area contributed by atoms with Gasteiger partial charge in [0.25, 0.3) is 0 Å². The minimum atomic E-state index is -0.771. The molecule has 2 heterocycles. The lowest BCUT2D eigenvalue weighted by Gasteiger charge is -2.28. The monoisotopic (exact) mass is 270 g/mol. The fraction of sp³-hybridized carbons (Fsp3) is 0.846. The number of rotatable bonds is 5. The molecule has 2 amide bonds. The molecule has 3 atom stereocenters. The zero-order valence-electron chi connectivity index (χ0n) is 11.5. The highest BCUT2D eigenvalue weighted by atomic mass is 16.5. The average molecular weight is 270 g/mol. The molecule has 2 rings (SSSR count). The van der Waals surface area contributed by atoms with Crippen LogP contribution in [0.15, 0.2) is 0 Å². The Labute approximate surface area is 113 Å². The Morgan fingerprint density at radius 1 is 1.42 bits per heavy atom. The van der Waals surface area contributed by atoms with Crippen molar-refractivity contribution in [2.45, 2.75) is 37.8 Å². The number of carbonyl (C=O) groups is 2. The molecule has 2 bridgehead atoms. The molecule has 19 heavy (non-hydrogen) atoms. The van der Waals surface area contributed by atoms with Gasteiger partial charge in [-0.15, -0.1) is 0 Å². The highest BCUT2D eigenvalue weighted by Gasteiger charge is 2.51. The van der Waals surface area contributed by atoms with E-state index in [4.69, 9.17) is 4.74 Å². The van der Waals surface area contributed by atoms with E-state index in [1.807, 2.05) is 0 Å². The number of carboxylic acid groups (broad SMARTS) is 1. The normalized spacial score (nSPS) is 28.7. The van der Waals surface area contributed by atoms with Crippen molar-refractivity contribution in [1.82, 2.24) is 9.80 Å². The minimum Gasteiger partial charge on any atom is -0.481 e. The number of carboxylic acids is 1. The molecule has 2 aliphatic rings. The van der Waals surface area contributed by atoms with Crippen LogP contribution < -0.4 is 0 Å². The van der Waals surface area contributed by atoms with Crippen LogP contribution in [-0.4, -0.2) is 66.3 Å². The van der Waals surface area contributed by atoms with E-state index >= 15 is 0 Å². The third-order valence-electron chi connectivity index (χ3n) is 4.24. The first-order valence-electron chi connectivity index (χ1n) is 6.81. The molecule has 2 aliphatic heterocycles. The molecular weight excluding hydrogens is 248 g/mol. The molecule has 3 unspecified atom stereocenters. The first kappa shape index (κ1) is 14.1. The van der Waals surface area contributed by atoms with Crippen LogP contribution in [0, 0.1) is 5.92 Å². The van der Waals surface area contributed by atoms with Crippen LogP contribution >= 0.6 is 0 Å². The van der Waals surface area contributed by atoms with Gasteiger partial charge in [0.2, 0.25) is 0 Å². The maximum atomic E-state index is 12.4. The van der Waals surface area contributed by atoms with Gasteiger partial charge in [0.1, 0.15) is 0 Å². The van der Waals surface area contributed by atoms with Gasteiger partial charge in [0, 0.05) is 39.4 Å². The molecule has 108 valence electrons. The second-order valence-corrected chi connectivity index (χ2v) is 5.44. The van der Waals surface area contributed by atoms with Crippen molar-refractivity contribution in [2.75, 3.05) is 27.3 Å². The van der Waals surface area contributed by atoms with Crippen LogP contribution in [0.2, 0.25) is 0 Å². The van der Waals surface area contributed by atoms with Crippen molar-refractivity contribution < 1.29 is 19.4 Å². The van der Waals surface area contributed by atoms with Crippen LogP contribution in [0.25, 0.3) is 0 Å². The Morgan fingerprint density at radius 3 is 2.74 bits per heavy atom. The lowest BCUT2D eigenvalue weighted by molar-refractivity contribution is -0.142. The molecule has 0 aliphatic carbocycles. The largest absolute Gasteiger partial charge is 0.481 e. The lowest BCUT2D eigenvalue weighted by Crippen LogP contribution is -2.45. The second-order valence-electron chi connectivity index (χ2n) is 5.44. The van der Waals surface area contributed by atoms with Gasteiger partial charge in [0.05, 0.1) is 5.92 Å². The van der Waals surface area contributed by atoms with Crippen molar-refractivity contribution >= 4 is 12.0 Å². The summed E-state index contributed by atoms with van der Waals surface area (Å²) in [5.41, 5.74) is 0. The van der Waals surface area contributed by atoms with E-state index in [2.05, 4.69) is 0 Å². The number of hydrogen-bond acceptors (Lipinski definition) is 3. The Kier molecular flexibility index (Phi) is 4.29. The Morgan fingerprint density at radius 2 is 2.16 bits per heavy atom. The summed E-state index contributed by atoms with van der Waals surface area (Å²) in [4.78, 5) is 27.0. The summed E-state index contributed by atoms with van der Waals surface area (Å²) in [6, 6.07) is -0.0318. The van der Waals surface area contributed by atoms with E-state index in [0.29, 0.717) is 19.6 Å². The lowest BCUT2D eigenvalue weighted by atomic mass is 9.89. The molecule has 6 nitrogen and oxygen atoms in total. The Bertz CT molecular complexity index is 361. The summed E-state index contributed by atoms with van der Waals surface area (Å²) in [7, 11) is 3.41. The van der Waals surface area contributed by atoms with Crippen LogP contribution in [0.4, 0.5) is 4.79 Å². The van der Waals surface area contributed by atoms with Crippen LogP contribution in [0.1, 0.15) is 25.7 Å². The van der Waals surface area contributed by atoms with Gasteiger partial charge in [-0.2, -0.15) is 0 Å². The van der Waals surface area contributed by atoms with E-state index in [1.165, 1.54) is 0 Å². The number of nitrogens with zero attached hydrogens (tertiary/aromatic N) is 2. The Balaban J connectivity index is 1.94. The molecule has 2 fully saturated rings. The zero-order chi connectivity index (χ0) is 14.0. The standard InChI is InChI=1S/C13H22N2O4/c1-14(6-3-7-19-2)13(18)15-9-4-5-11(15)10(8-9)12(16)17/h9-11H,3-8H2,1-2H3,(H,16,17). The maximum absolute atomic E-state index is 12.4. The van der Waals surface area contributed by atoms with Gasteiger partial charge in [0.15, 0.2) is 0 Å². The van der Waals surface area contributed by atoms with Crippen molar-refractivity contribution in [3.8, 4) is 0 Å². The predicted molar refractivity (Wildman–Crippen MR) is 68.9 cm³/mol. The van der Waals surface area contributed by atoms with Crippen LogP contribution in [0.5, 0.6) is 0 Å². The summed E-state index contributed by atoms with van der Waals surface area (Å²) in [5.74, 6) is -1.15. The maximum Gasteiger partial charge on any atom is 0.320 e. The molecule has 0 spiro atoms. The minimum absolute atomic E-state index is 0.0349. The zero-order valence-corrected chi connectivity index (χ0v) is 11.5. The molecule has 6 heteroatoms. The number of amides is 2. The third-order valence-corrected chi connectivity index (χ3v) is 4.24. The summed E-state index contributed by atoms with van der Waals surface area (Å²) in [6.45, 7) is 1.27. The van der Waals surface area contributed by atoms with Crippen molar-refractivity contribution in [3.05, 3.63) is 0 Å². The van der Waals surface area contributed by atoms with Crippen molar-refractivity contribution in [3.63, 3.8) is 0 Å². The average Bonchev–Trinajstić information content (AvgIpc) is 2.95. The summed E-state index contributed by atoms with van der Waals surface area (Å²) < 4.78 is 4.97. The van der Waals surface area contributed by atoms with Gasteiger partial charge in [-0.05, 0) is 25.7 Å². The topological polar surface area (TPSA) is 70.1 Å². The van der Waals surface area contributed by atoms with Gasteiger partial charge >= 0.3 is 12.0 Å². The van der Waals surface area contributed by atoms with Crippen LogP contribution in [-0.2, 0) is 9.53 Å². The molecular formula is C13H22N2O4. The second kappa shape index (κ2) is 5.77. The molecule has 0 aromatic rings. The molecule has 0 aromatic carbocycles.